The summed E-state index contributed by atoms with van der Waals surface area (Å²) in [6.45, 7) is 1.57. The van der Waals surface area contributed by atoms with E-state index >= 15 is 0 Å². The summed E-state index contributed by atoms with van der Waals surface area (Å²) in [5, 5.41) is 2.73. The third-order valence-electron chi connectivity index (χ3n) is 5.12. The van der Waals surface area contributed by atoms with Gasteiger partial charge in [-0.2, -0.15) is 0 Å². The number of ether oxygens (including phenoxy) is 1. The normalized spacial score (nSPS) is 10.8. The first-order valence-electron chi connectivity index (χ1n) is 10.4. The van der Waals surface area contributed by atoms with Crippen molar-refractivity contribution in [2.45, 2.75) is 13.3 Å². The molecule has 0 spiro atoms. The number of nitrogens with one attached hydrogen (secondary N) is 1. The Balaban J connectivity index is 1.42. The number of amides is 1. The minimum atomic E-state index is -0.997. The first-order chi connectivity index (χ1) is 16.3. The van der Waals surface area contributed by atoms with Crippen LogP contribution in [-0.4, -0.2) is 18.4 Å². The smallest absolute Gasteiger partial charge is 0.312 e. The molecule has 0 aliphatic rings. The number of hydrogen-bond donors (Lipinski definition) is 1. The Labute approximate surface area is 192 Å². The van der Waals surface area contributed by atoms with E-state index in [0.717, 1.165) is 17.7 Å². The summed E-state index contributed by atoms with van der Waals surface area (Å²) in [7, 11) is 0. The zero-order valence-electron chi connectivity index (χ0n) is 18.1. The summed E-state index contributed by atoms with van der Waals surface area (Å²) in [5.41, 5.74) is 0.954. The van der Waals surface area contributed by atoms with E-state index < -0.39 is 23.5 Å². The molecule has 8 heteroatoms. The van der Waals surface area contributed by atoms with Gasteiger partial charge in [0.25, 0.3) is 5.91 Å². The van der Waals surface area contributed by atoms with Crippen LogP contribution >= 0.6 is 0 Å². The maximum absolute atomic E-state index is 13.7. The van der Waals surface area contributed by atoms with Gasteiger partial charge in [-0.3, -0.25) is 14.4 Å². The Morgan fingerprint density at radius 3 is 2.50 bits per heavy atom. The fourth-order valence-corrected chi connectivity index (χ4v) is 3.52. The standard InChI is InChI=1S/C26H19F2NO5/c1-15-24(16-5-3-2-4-6-16)25(31)20-10-8-18(14-22(20)33-15)34-23(30)11-12-29-26(32)19-9-7-17(27)13-21(19)28/h2-10,13-14H,11-12H2,1H3,(H,29,32). The molecular formula is C26H19F2NO5. The van der Waals surface area contributed by atoms with Gasteiger partial charge >= 0.3 is 5.97 Å². The van der Waals surface area contributed by atoms with Gasteiger partial charge in [-0.15, -0.1) is 0 Å². The number of fused-ring (bicyclic) bond motifs is 1. The molecule has 0 aliphatic carbocycles. The van der Waals surface area contributed by atoms with Gasteiger partial charge in [0, 0.05) is 18.7 Å². The second-order valence-corrected chi connectivity index (χ2v) is 7.49. The van der Waals surface area contributed by atoms with E-state index in [9.17, 15) is 23.2 Å². The maximum Gasteiger partial charge on any atom is 0.312 e. The van der Waals surface area contributed by atoms with Crippen molar-refractivity contribution in [3.8, 4) is 16.9 Å². The third-order valence-corrected chi connectivity index (χ3v) is 5.12. The molecule has 0 aliphatic heterocycles. The van der Waals surface area contributed by atoms with Crippen molar-refractivity contribution in [3.05, 3.63) is 99.9 Å². The second-order valence-electron chi connectivity index (χ2n) is 7.49. The Kier molecular flexibility index (Phi) is 6.49. The minimum Gasteiger partial charge on any atom is -0.460 e. The summed E-state index contributed by atoms with van der Waals surface area (Å²) in [5.74, 6) is -2.62. The second kappa shape index (κ2) is 9.66. The number of halogens is 2. The van der Waals surface area contributed by atoms with E-state index in [4.69, 9.17) is 9.15 Å². The largest absolute Gasteiger partial charge is 0.460 e. The van der Waals surface area contributed by atoms with Crippen LogP contribution in [0, 0.1) is 18.6 Å². The van der Waals surface area contributed by atoms with Crippen molar-refractivity contribution in [2.75, 3.05) is 6.54 Å². The van der Waals surface area contributed by atoms with Gasteiger partial charge < -0.3 is 14.5 Å². The van der Waals surface area contributed by atoms with Crippen LogP contribution in [0.25, 0.3) is 22.1 Å². The lowest BCUT2D eigenvalue weighted by atomic mass is 10.0. The highest BCUT2D eigenvalue weighted by molar-refractivity contribution is 5.94. The number of benzene rings is 3. The lowest BCUT2D eigenvalue weighted by molar-refractivity contribution is -0.134. The predicted octanol–water partition coefficient (Wildman–Crippen LogP) is 4.77. The Bertz CT molecular complexity index is 1450. The van der Waals surface area contributed by atoms with Crippen LogP contribution in [0.4, 0.5) is 8.78 Å². The van der Waals surface area contributed by atoms with E-state index in [1.165, 1.54) is 18.2 Å². The molecule has 4 aromatic rings. The highest BCUT2D eigenvalue weighted by Crippen LogP contribution is 2.26. The van der Waals surface area contributed by atoms with Crippen LogP contribution < -0.4 is 15.5 Å². The van der Waals surface area contributed by atoms with Gasteiger partial charge in [-0.25, -0.2) is 8.78 Å². The molecule has 1 amide bonds. The van der Waals surface area contributed by atoms with Crippen molar-refractivity contribution in [1.29, 1.82) is 0 Å². The molecule has 4 rings (SSSR count). The fourth-order valence-electron chi connectivity index (χ4n) is 3.52. The van der Waals surface area contributed by atoms with Crippen LogP contribution in [0.2, 0.25) is 0 Å². The fraction of sp³-hybridized carbons (Fsp3) is 0.115. The molecule has 0 atom stereocenters. The molecule has 3 aromatic carbocycles. The number of aryl methyl sites for hydroxylation is 1. The van der Waals surface area contributed by atoms with Gasteiger partial charge in [0.15, 0.2) is 0 Å². The van der Waals surface area contributed by atoms with E-state index in [1.807, 2.05) is 30.3 Å². The van der Waals surface area contributed by atoms with E-state index in [0.29, 0.717) is 22.8 Å². The SMILES string of the molecule is Cc1oc2cc(OC(=O)CCNC(=O)c3ccc(F)cc3F)ccc2c(=O)c1-c1ccccc1. The molecular weight excluding hydrogens is 444 g/mol. The maximum atomic E-state index is 13.7. The summed E-state index contributed by atoms with van der Waals surface area (Å²) >= 11 is 0. The van der Waals surface area contributed by atoms with Crippen molar-refractivity contribution >= 4 is 22.8 Å². The molecule has 0 bridgehead atoms. The molecule has 0 saturated heterocycles. The molecule has 172 valence electrons. The third kappa shape index (κ3) is 4.85. The Morgan fingerprint density at radius 1 is 1.00 bits per heavy atom. The zero-order chi connectivity index (χ0) is 24.2. The molecule has 34 heavy (non-hydrogen) atoms. The minimum absolute atomic E-state index is 0.114. The van der Waals surface area contributed by atoms with Crippen LogP contribution in [-0.2, 0) is 4.79 Å². The van der Waals surface area contributed by atoms with Gasteiger partial charge in [-0.1, -0.05) is 30.3 Å². The van der Waals surface area contributed by atoms with Gasteiger partial charge in [-0.05, 0) is 36.8 Å². The lowest BCUT2D eigenvalue weighted by Crippen LogP contribution is -2.27. The van der Waals surface area contributed by atoms with Crippen molar-refractivity contribution in [2.24, 2.45) is 0 Å². The van der Waals surface area contributed by atoms with Crippen molar-refractivity contribution < 1.29 is 27.5 Å². The van der Waals surface area contributed by atoms with Gasteiger partial charge in [0.05, 0.1) is 22.9 Å². The number of esters is 1. The molecule has 6 nitrogen and oxygen atoms in total. The van der Waals surface area contributed by atoms with Crippen LogP contribution in [0.1, 0.15) is 22.5 Å². The van der Waals surface area contributed by atoms with Gasteiger partial charge in [0.2, 0.25) is 5.43 Å². The highest BCUT2D eigenvalue weighted by atomic mass is 19.1. The van der Waals surface area contributed by atoms with Crippen LogP contribution in [0.15, 0.2) is 75.9 Å². The van der Waals surface area contributed by atoms with Crippen LogP contribution in [0.3, 0.4) is 0 Å². The lowest BCUT2D eigenvalue weighted by Gasteiger charge is -2.09. The van der Waals surface area contributed by atoms with E-state index in [1.54, 1.807) is 6.92 Å². The molecule has 0 radical (unpaired) electrons. The first kappa shape index (κ1) is 22.8. The first-order valence-corrected chi connectivity index (χ1v) is 10.4. The zero-order valence-corrected chi connectivity index (χ0v) is 18.1. The van der Waals surface area contributed by atoms with Gasteiger partial charge in [0.1, 0.15) is 28.7 Å². The average Bonchev–Trinajstić information content (AvgIpc) is 2.79. The molecule has 0 unspecified atom stereocenters. The Morgan fingerprint density at radius 2 is 1.76 bits per heavy atom. The van der Waals surface area contributed by atoms with Crippen LogP contribution in [0.5, 0.6) is 5.75 Å². The molecule has 0 saturated carbocycles. The topological polar surface area (TPSA) is 85.6 Å². The van der Waals surface area contributed by atoms with Crippen molar-refractivity contribution in [3.63, 3.8) is 0 Å². The number of hydrogen-bond acceptors (Lipinski definition) is 5. The molecule has 1 aromatic heterocycles. The molecule has 1 N–H and O–H groups in total. The molecule has 1 heterocycles. The number of rotatable bonds is 6. The highest BCUT2D eigenvalue weighted by Gasteiger charge is 2.16. The summed E-state index contributed by atoms with van der Waals surface area (Å²) in [6, 6.07) is 16.2. The Hall–Kier alpha value is -4.33. The number of carbonyl (C=O) groups excluding carboxylic acids is 2. The van der Waals surface area contributed by atoms with Crippen molar-refractivity contribution in [1.82, 2.24) is 5.32 Å². The monoisotopic (exact) mass is 463 g/mol. The average molecular weight is 463 g/mol. The quantitative estimate of drug-likeness (QED) is 0.329. The van der Waals surface area contributed by atoms with E-state index in [-0.39, 0.29) is 35.3 Å². The summed E-state index contributed by atoms with van der Waals surface area (Å²) in [4.78, 5) is 37.1. The number of carbonyl (C=O) groups is 2. The summed E-state index contributed by atoms with van der Waals surface area (Å²) < 4.78 is 37.7. The molecule has 0 fully saturated rings. The predicted molar refractivity (Wildman–Crippen MR) is 122 cm³/mol. The summed E-state index contributed by atoms with van der Waals surface area (Å²) in [6.07, 6.45) is -0.192. The van der Waals surface area contributed by atoms with E-state index in [2.05, 4.69) is 5.32 Å².